The van der Waals surface area contributed by atoms with Crippen LogP contribution in [0.15, 0.2) is 23.1 Å². The molecular weight excluding hydrogens is 276 g/mol. The normalized spacial score (nSPS) is 25.2. The number of benzene rings is 1. The lowest BCUT2D eigenvalue weighted by Crippen LogP contribution is -2.42. The van der Waals surface area contributed by atoms with Gasteiger partial charge in [-0.25, -0.2) is 0 Å². The molecule has 112 valence electrons. The molecule has 0 bridgehead atoms. The molecule has 3 heteroatoms. The molecule has 1 aliphatic carbocycles. The molecule has 0 aromatic heterocycles. The van der Waals surface area contributed by atoms with Crippen molar-refractivity contribution in [2.75, 3.05) is 23.7 Å². The smallest absolute Gasteiger partial charge is 0.103 e. The van der Waals surface area contributed by atoms with Crippen LogP contribution in [-0.4, -0.2) is 18.8 Å². The summed E-state index contributed by atoms with van der Waals surface area (Å²) in [7, 11) is 0. The van der Waals surface area contributed by atoms with Crippen LogP contribution >= 0.6 is 11.8 Å². The Morgan fingerprint density at radius 3 is 2.81 bits per heavy atom. The summed E-state index contributed by atoms with van der Waals surface area (Å²) in [6, 6.07) is 8.80. The zero-order valence-corrected chi connectivity index (χ0v) is 13.7. The van der Waals surface area contributed by atoms with E-state index >= 15 is 0 Å². The Morgan fingerprint density at radius 2 is 2.05 bits per heavy atom. The molecule has 2 aliphatic rings. The lowest BCUT2D eigenvalue weighted by atomic mass is 9.75. The van der Waals surface area contributed by atoms with E-state index in [1.807, 2.05) is 0 Å². The average Bonchev–Trinajstić information content (AvgIpc) is 2.54. The summed E-state index contributed by atoms with van der Waals surface area (Å²) in [5.74, 6) is 2.80. The molecule has 3 rings (SSSR count). The van der Waals surface area contributed by atoms with Crippen LogP contribution in [-0.2, 0) is 0 Å². The second kappa shape index (κ2) is 6.75. The maximum Gasteiger partial charge on any atom is 0.103 e. The van der Waals surface area contributed by atoms with E-state index in [0.29, 0.717) is 0 Å². The van der Waals surface area contributed by atoms with Gasteiger partial charge >= 0.3 is 0 Å². The number of hydrogen-bond acceptors (Lipinski definition) is 3. The fraction of sp³-hybridized carbons (Fsp3) is 0.611. The molecule has 1 heterocycles. The largest absolute Gasteiger partial charge is 0.370 e. The van der Waals surface area contributed by atoms with Gasteiger partial charge in [-0.1, -0.05) is 32.3 Å². The van der Waals surface area contributed by atoms with Crippen LogP contribution < -0.4 is 4.90 Å². The van der Waals surface area contributed by atoms with Crippen LogP contribution in [0.4, 0.5) is 5.69 Å². The fourth-order valence-electron chi connectivity index (χ4n) is 3.99. The second-order valence-electron chi connectivity index (χ2n) is 6.23. The molecule has 0 amide bonds. The number of piperidine rings is 1. The summed E-state index contributed by atoms with van der Waals surface area (Å²) in [5, 5.41) is 9.60. The molecule has 0 radical (unpaired) electrons. The van der Waals surface area contributed by atoms with E-state index in [9.17, 15) is 5.26 Å². The minimum absolute atomic E-state index is 0.849. The standard InChI is InChI=1S/C18H24N2S/c1-2-21-18-9-5-8-17(16(18)12-19)20-11-10-14-6-3-4-7-15(14)13-20/h5,8-9,14-15H,2-4,6-7,10-11,13H2,1H3. The predicted molar refractivity (Wildman–Crippen MR) is 89.8 cm³/mol. The van der Waals surface area contributed by atoms with Crippen molar-refractivity contribution < 1.29 is 0 Å². The highest BCUT2D eigenvalue weighted by molar-refractivity contribution is 7.99. The Kier molecular flexibility index (Phi) is 4.75. The molecule has 0 N–H and O–H groups in total. The summed E-state index contributed by atoms with van der Waals surface area (Å²) in [4.78, 5) is 3.62. The summed E-state index contributed by atoms with van der Waals surface area (Å²) >= 11 is 1.78. The van der Waals surface area contributed by atoms with E-state index in [0.717, 1.165) is 41.1 Å². The number of anilines is 1. The van der Waals surface area contributed by atoms with Gasteiger partial charge in [0.2, 0.25) is 0 Å². The van der Waals surface area contributed by atoms with Crippen LogP contribution in [0.3, 0.4) is 0 Å². The van der Waals surface area contributed by atoms with Gasteiger partial charge < -0.3 is 4.90 Å². The average molecular weight is 300 g/mol. The molecule has 1 saturated heterocycles. The first-order chi connectivity index (χ1) is 10.3. The first-order valence-corrected chi connectivity index (χ1v) is 9.23. The number of nitriles is 1. The van der Waals surface area contributed by atoms with Gasteiger partial charge in [0.05, 0.1) is 11.3 Å². The molecule has 2 atom stereocenters. The quantitative estimate of drug-likeness (QED) is 0.758. The molecule has 2 nitrogen and oxygen atoms in total. The minimum Gasteiger partial charge on any atom is -0.370 e. The summed E-state index contributed by atoms with van der Waals surface area (Å²) in [5.41, 5.74) is 2.05. The van der Waals surface area contributed by atoms with E-state index in [2.05, 4.69) is 36.1 Å². The topological polar surface area (TPSA) is 27.0 Å². The number of thioether (sulfide) groups is 1. The maximum absolute atomic E-state index is 9.60. The van der Waals surface area contributed by atoms with E-state index in [1.54, 1.807) is 11.8 Å². The third kappa shape index (κ3) is 3.06. The van der Waals surface area contributed by atoms with Crippen molar-refractivity contribution >= 4 is 17.4 Å². The van der Waals surface area contributed by atoms with Crippen molar-refractivity contribution in [3.05, 3.63) is 23.8 Å². The third-order valence-electron chi connectivity index (χ3n) is 5.05. The van der Waals surface area contributed by atoms with Crippen LogP contribution in [0, 0.1) is 23.2 Å². The first kappa shape index (κ1) is 14.8. The molecule has 1 aromatic carbocycles. The molecule has 2 unspecified atom stereocenters. The van der Waals surface area contributed by atoms with Gasteiger partial charge in [-0.05, 0) is 42.6 Å². The van der Waals surface area contributed by atoms with E-state index in [4.69, 9.17) is 0 Å². The van der Waals surface area contributed by atoms with Crippen LogP contribution in [0.2, 0.25) is 0 Å². The lowest BCUT2D eigenvalue weighted by molar-refractivity contribution is 0.202. The monoisotopic (exact) mass is 300 g/mol. The number of hydrogen-bond donors (Lipinski definition) is 0. The molecule has 0 spiro atoms. The number of fused-ring (bicyclic) bond motifs is 1. The first-order valence-electron chi connectivity index (χ1n) is 8.24. The van der Waals surface area contributed by atoms with Gasteiger partial charge in [0.15, 0.2) is 0 Å². The summed E-state index contributed by atoms with van der Waals surface area (Å²) in [6.45, 7) is 4.42. The molecule has 21 heavy (non-hydrogen) atoms. The molecule has 1 saturated carbocycles. The lowest BCUT2D eigenvalue weighted by Gasteiger charge is -2.42. The van der Waals surface area contributed by atoms with Gasteiger partial charge in [0.25, 0.3) is 0 Å². The third-order valence-corrected chi connectivity index (χ3v) is 5.99. The van der Waals surface area contributed by atoms with Gasteiger partial charge in [-0.2, -0.15) is 5.26 Å². The maximum atomic E-state index is 9.60. The highest BCUT2D eigenvalue weighted by Gasteiger charge is 2.32. The van der Waals surface area contributed by atoms with Gasteiger partial charge in [0, 0.05) is 18.0 Å². The van der Waals surface area contributed by atoms with Crippen molar-refractivity contribution in [2.45, 2.75) is 43.9 Å². The van der Waals surface area contributed by atoms with Gasteiger partial charge in [0.1, 0.15) is 6.07 Å². The van der Waals surface area contributed by atoms with Crippen molar-refractivity contribution in [3.63, 3.8) is 0 Å². The number of nitrogens with zero attached hydrogens (tertiary/aromatic N) is 2. The van der Waals surface area contributed by atoms with Crippen LogP contribution in [0.25, 0.3) is 0 Å². The molecular formula is C18H24N2S. The molecule has 1 aromatic rings. The Bertz CT molecular complexity index is 535. The Balaban J connectivity index is 1.83. The van der Waals surface area contributed by atoms with Gasteiger partial charge in [-0.15, -0.1) is 11.8 Å². The Hall–Kier alpha value is -1.14. The second-order valence-corrected chi connectivity index (χ2v) is 7.54. The van der Waals surface area contributed by atoms with Crippen LogP contribution in [0.1, 0.15) is 44.6 Å². The summed E-state index contributed by atoms with van der Waals surface area (Å²) < 4.78 is 0. The van der Waals surface area contributed by atoms with E-state index < -0.39 is 0 Å². The molecule has 2 fully saturated rings. The zero-order valence-electron chi connectivity index (χ0n) is 12.8. The SMILES string of the molecule is CCSc1cccc(N2CCC3CCCCC3C2)c1C#N. The van der Waals surface area contributed by atoms with E-state index in [1.165, 1.54) is 37.8 Å². The van der Waals surface area contributed by atoms with Crippen LogP contribution in [0.5, 0.6) is 0 Å². The van der Waals surface area contributed by atoms with Crippen molar-refractivity contribution in [2.24, 2.45) is 11.8 Å². The van der Waals surface area contributed by atoms with Crippen molar-refractivity contribution in [3.8, 4) is 6.07 Å². The highest BCUT2D eigenvalue weighted by Crippen LogP contribution is 2.39. The zero-order chi connectivity index (χ0) is 14.7. The summed E-state index contributed by atoms with van der Waals surface area (Å²) in [6.07, 6.45) is 6.93. The Labute approximate surface area is 132 Å². The van der Waals surface area contributed by atoms with Gasteiger partial charge in [-0.3, -0.25) is 0 Å². The van der Waals surface area contributed by atoms with Crippen molar-refractivity contribution in [1.29, 1.82) is 5.26 Å². The number of rotatable bonds is 3. The van der Waals surface area contributed by atoms with E-state index in [-0.39, 0.29) is 0 Å². The highest BCUT2D eigenvalue weighted by atomic mass is 32.2. The van der Waals surface area contributed by atoms with Crippen molar-refractivity contribution in [1.82, 2.24) is 0 Å². The fourth-order valence-corrected chi connectivity index (χ4v) is 4.77. The Morgan fingerprint density at radius 1 is 1.24 bits per heavy atom. The predicted octanol–water partition coefficient (Wildman–Crippen LogP) is 4.69. The molecule has 1 aliphatic heterocycles. The minimum atomic E-state index is 0.849.